The summed E-state index contributed by atoms with van der Waals surface area (Å²) >= 11 is 3.49. The van der Waals surface area contributed by atoms with Crippen LogP contribution < -0.4 is 0 Å². The van der Waals surface area contributed by atoms with E-state index in [0.717, 1.165) is 35.2 Å². The van der Waals surface area contributed by atoms with Crippen LogP contribution in [0.4, 0.5) is 0 Å². The number of piperidine rings is 1. The first-order valence-corrected chi connectivity index (χ1v) is 8.32. The third kappa shape index (κ3) is 3.47. The summed E-state index contributed by atoms with van der Waals surface area (Å²) in [4.78, 5) is 2.43. The second-order valence-electron chi connectivity index (χ2n) is 5.67. The van der Waals surface area contributed by atoms with Crippen LogP contribution in [0.5, 0.6) is 5.75 Å². The molecule has 0 saturated carbocycles. The van der Waals surface area contributed by atoms with Gasteiger partial charge >= 0.3 is 0 Å². The molecule has 0 amide bonds. The molecule has 110 valence electrons. The van der Waals surface area contributed by atoms with Gasteiger partial charge in [0.2, 0.25) is 0 Å². The molecular formula is C18H20BrNO. The lowest BCUT2D eigenvalue weighted by Crippen LogP contribution is -2.29. The highest BCUT2D eigenvalue weighted by Crippen LogP contribution is 2.34. The van der Waals surface area contributed by atoms with Gasteiger partial charge in [-0.25, -0.2) is 0 Å². The summed E-state index contributed by atoms with van der Waals surface area (Å²) < 4.78 is 0.774. The third-order valence-electron chi connectivity index (χ3n) is 4.09. The molecule has 1 saturated heterocycles. The number of likely N-dealkylation sites (tertiary alicyclic amines) is 1. The number of benzene rings is 2. The van der Waals surface area contributed by atoms with Gasteiger partial charge in [0, 0.05) is 12.1 Å². The molecule has 3 rings (SSSR count). The molecule has 0 atom stereocenters. The fourth-order valence-electron chi connectivity index (χ4n) is 2.93. The summed E-state index contributed by atoms with van der Waals surface area (Å²) in [7, 11) is 0. The predicted octanol–water partition coefficient (Wildman–Crippen LogP) is 4.81. The molecule has 2 aromatic carbocycles. The maximum atomic E-state index is 10.3. The number of nitrogens with zero attached hydrogens (tertiary/aromatic N) is 1. The van der Waals surface area contributed by atoms with E-state index >= 15 is 0 Å². The van der Waals surface area contributed by atoms with Crippen molar-refractivity contribution in [3.8, 4) is 16.9 Å². The molecule has 1 aliphatic rings. The van der Waals surface area contributed by atoms with Crippen molar-refractivity contribution in [3.05, 3.63) is 52.5 Å². The van der Waals surface area contributed by atoms with Gasteiger partial charge in [0.15, 0.2) is 0 Å². The van der Waals surface area contributed by atoms with Gasteiger partial charge in [-0.3, -0.25) is 4.90 Å². The van der Waals surface area contributed by atoms with Crippen molar-refractivity contribution in [1.29, 1.82) is 0 Å². The Kier molecular flexibility index (Phi) is 4.61. The van der Waals surface area contributed by atoms with Crippen molar-refractivity contribution in [3.63, 3.8) is 0 Å². The van der Waals surface area contributed by atoms with Crippen molar-refractivity contribution in [2.24, 2.45) is 0 Å². The van der Waals surface area contributed by atoms with Gasteiger partial charge in [0.25, 0.3) is 0 Å². The normalized spacial score (nSPS) is 16.0. The largest absolute Gasteiger partial charge is 0.506 e. The molecule has 1 fully saturated rings. The second kappa shape index (κ2) is 6.63. The summed E-state index contributed by atoms with van der Waals surface area (Å²) in [6.07, 6.45) is 3.86. The minimum absolute atomic E-state index is 0.375. The predicted molar refractivity (Wildman–Crippen MR) is 90.4 cm³/mol. The zero-order valence-electron chi connectivity index (χ0n) is 12.1. The Morgan fingerprint density at radius 1 is 0.952 bits per heavy atom. The Morgan fingerprint density at radius 3 is 2.38 bits per heavy atom. The number of halogens is 1. The Morgan fingerprint density at radius 2 is 1.67 bits per heavy atom. The highest BCUT2D eigenvalue weighted by molar-refractivity contribution is 9.10. The molecule has 1 heterocycles. The average Bonchev–Trinajstić information content (AvgIpc) is 2.53. The average molecular weight is 346 g/mol. The number of phenols is 1. The van der Waals surface area contributed by atoms with E-state index < -0.39 is 0 Å². The quantitative estimate of drug-likeness (QED) is 0.862. The monoisotopic (exact) mass is 345 g/mol. The third-order valence-corrected chi connectivity index (χ3v) is 4.70. The smallest absolute Gasteiger partial charge is 0.134 e. The number of hydrogen-bond acceptors (Lipinski definition) is 2. The molecule has 0 spiro atoms. The molecule has 2 aromatic rings. The van der Waals surface area contributed by atoms with E-state index in [2.05, 4.69) is 39.0 Å². The first-order valence-electron chi connectivity index (χ1n) is 7.53. The zero-order chi connectivity index (χ0) is 14.7. The molecule has 2 nitrogen and oxygen atoms in total. The Labute approximate surface area is 134 Å². The van der Waals surface area contributed by atoms with E-state index in [0.29, 0.717) is 5.75 Å². The number of rotatable bonds is 3. The molecule has 1 aliphatic heterocycles. The summed E-state index contributed by atoms with van der Waals surface area (Å²) in [5.74, 6) is 0.375. The van der Waals surface area contributed by atoms with Crippen molar-refractivity contribution in [1.82, 2.24) is 4.90 Å². The van der Waals surface area contributed by atoms with E-state index in [1.54, 1.807) is 0 Å². The minimum Gasteiger partial charge on any atom is -0.506 e. The summed E-state index contributed by atoms with van der Waals surface area (Å²) in [5, 5.41) is 10.3. The lowest BCUT2D eigenvalue weighted by atomic mass is 10.0. The minimum atomic E-state index is 0.375. The van der Waals surface area contributed by atoms with Gasteiger partial charge in [-0.05, 0) is 65.1 Å². The maximum absolute atomic E-state index is 10.3. The van der Waals surface area contributed by atoms with Gasteiger partial charge in [-0.1, -0.05) is 36.8 Å². The van der Waals surface area contributed by atoms with Crippen LogP contribution in [0.1, 0.15) is 24.8 Å². The van der Waals surface area contributed by atoms with Crippen molar-refractivity contribution < 1.29 is 5.11 Å². The van der Waals surface area contributed by atoms with E-state index in [9.17, 15) is 5.11 Å². The number of hydrogen-bond donors (Lipinski definition) is 1. The summed E-state index contributed by atoms with van der Waals surface area (Å²) in [6, 6.07) is 14.4. The number of phenolic OH excluding ortho intramolecular Hbond substituents is 1. The molecule has 0 unspecified atom stereocenters. The Hall–Kier alpha value is -1.32. The Bertz CT molecular complexity index is 606. The molecule has 0 aliphatic carbocycles. The van der Waals surface area contributed by atoms with Crippen LogP contribution in [0.2, 0.25) is 0 Å². The SMILES string of the molecule is Oc1c(Br)cc(-c2ccccc2)cc1CN1CCCCC1. The molecule has 1 N–H and O–H groups in total. The highest BCUT2D eigenvalue weighted by Gasteiger charge is 2.15. The van der Waals surface area contributed by atoms with Crippen molar-refractivity contribution >= 4 is 15.9 Å². The molecule has 0 aromatic heterocycles. The van der Waals surface area contributed by atoms with Crippen LogP contribution in [0.15, 0.2) is 46.9 Å². The van der Waals surface area contributed by atoms with Gasteiger partial charge < -0.3 is 5.11 Å². The van der Waals surface area contributed by atoms with Crippen LogP contribution in [0.3, 0.4) is 0 Å². The van der Waals surface area contributed by atoms with Crippen LogP contribution >= 0.6 is 15.9 Å². The molecule has 0 bridgehead atoms. The first-order chi connectivity index (χ1) is 10.2. The molecule has 3 heteroatoms. The second-order valence-corrected chi connectivity index (χ2v) is 6.52. The Balaban J connectivity index is 1.90. The van der Waals surface area contributed by atoms with Crippen LogP contribution in [0, 0.1) is 0 Å². The summed E-state index contributed by atoms with van der Waals surface area (Å²) in [5.41, 5.74) is 3.33. The van der Waals surface area contributed by atoms with Crippen LogP contribution in [0.25, 0.3) is 11.1 Å². The van der Waals surface area contributed by atoms with E-state index in [4.69, 9.17) is 0 Å². The van der Waals surface area contributed by atoms with Crippen LogP contribution in [-0.4, -0.2) is 23.1 Å². The lowest BCUT2D eigenvalue weighted by molar-refractivity contribution is 0.218. The standard InChI is InChI=1S/C18H20BrNO/c19-17-12-15(14-7-3-1-4-8-14)11-16(18(17)21)13-20-9-5-2-6-10-20/h1,3-4,7-8,11-12,21H,2,5-6,9-10,13H2. The first kappa shape index (κ1) is 14.6. The fraction of sp³-hybridized carbons (Fsp3) is 0.333. The van der Waals surface area contributed by atoms with E-state index in [1.807, 2.05) is 24.3 Å². The summed E-state index contributed by atoms with van der Waals surface area (Å²) in [6.45, 7) is 3.09. The zero-order valence-corrected chi connectivity index (χ0v) is 13.6. The van der Waals surface area contributed by atoms with Crippen molar-refractivity contribution in [2.75, 3.05) is 13.1 Å². The van der Waals surface area contributed by atoms with Gasteiger partial charge in [-0.2, -0.15) is 0 Å². The lowest BCUT2D eigenvalue weighted by Gasteiger charge is -2.27. The maximum Gasteiger partial charge on any atom is 0.134 e. The molecule has 21 heavy (non-hydrogen) atoms. The number of aromatic hydroxyl groups is 1. The molecular weight excluding hydrogens is 326 g/mol. The van der Waals surface area contributed by atoms with Crippen molar-refractivity contribution in [2.45, 2.75) is 25.8 Å². The van der Waals surface area contributed by atoms with E-state index in [-0.39, 0.29) is 0 Å². The van der Waals surface area contributed by atoms with Crippen LogP contribution in [-0.2, 0) is 6.54 Å². The topological polar surface area (TPSA) is 23.5 Å². The van der Waals surface area contributed by atoms with Gasteiger partial charge in [0.1, 0.15) is 5.75 Å². The van der Waals surface area contributed by atoms with Gasteiger partial charge in [0.05, 0.1) is 4.47 Å². The molecule has 0 radical (unpaired) electrons. The highest BCUT2D eigenvalue weighted by atomic mass is 79.9. The van der Waals surface area contributed by atoms with E-state index in [1.165, 1.54) is 24.8 Å². The van der Waals surface area contributed by atoms with Gasteiger partial charge in [-0.15, -0.1) is 0 Å². The fourth-order valence-corrected chi connectivity index (χ4v) is 3.43.